The number of ether oxygens (including phenoxy) is 1. The number of piperidine rings is 1. The maximum absolute atomic E-state index is 11.2. The lowest BCUT2D eigenvalue weighted by molar-refractivity contribution is 0.0562. The van der Waals surface area contributed by atoms with Crippen molar-refractivity contribution in [3.63, 3.8) is 0 Å². The van der Waals surface area contributed by atoms with E-state index >= 15 is 0 Å². The zero-order chi connectivity index (χ0) is 11.4. The molecule has 0 radical (unpaired) electrons. The average molecular weight is 223 g/mol. The summed E-state index contributed by atoms with van der Waals surface area (Å²) in [6.07, 6.45) is 3.27. The average Bonchev–Trinajstić information content (AvgIpc) is 2.78. The molecule has 88 valence electrons. The van der Waals surface area contributed by atoms with E-state index in [4.69, 9.17) is 4.42 Å². The SMILES string of the molecule is COC(=O)c1ccc(CC2CCNCC2)o1. The number of furan rings is 1. The molecular weight excluding hydrogens is 206 g/mol. The fourth-order valence-electron chi connectivity index (χ4n) is 2.07. The maximum atomic E-state index is 11.2. The van der Waals surface area contributed by atoms with Gasteiger partial charge in [0.15, 0.2) is 0 Å². The van der Waals surface area contributed by atoms with Gasteiger partial charge >= 0.3 is 5.97 Å². The number of carbonyl (C=O) groups is 1. The highest BCUT2D eigenvalue weighted by molar-refractivity contribution is 5.86. The van der Waals surface area contributed by atoms with Gasteiger partial charge in [-0.15, -0.1) is 0 Å². The van der Waals surface area contributed by atoms with Crippen LogP contribution in [-0.2, 0) is 11.2 Å². The van der Waals surface area contributed by atoms with Crippen molar-refractivity contribution < 1.29 is 13.9 Å². The molecule has 0 amide bonds. The number of esters is 1. The van der Waals surface area contributed by atoms with E-state index in [2.05, 4.69) is 10.1 Å². The van der Waals surface area contributed by atoms with Crippen molar-refractivity contribution in [3.05, 3.63) is 23.7 Å². The third-order valence-electron chi connectivity index (χ3n) is 3.00. The highest BCUT2D eigenvalue weighted by Crippen LogP contribution is 2.19. The quantitative estimate of drug-likeness (QED) is 0.791. The monoisotopic (exact) mass is 223 g/mol. The first kappa shape index (κ1) is 11.2. The highest BCUT2D eigenvalue weighted by Gasteiger charge is 2.17. The second-order valence-corrected chi connectivity index (χ2v) is 4.16. The van der Waals surface area contributed by atoms with Crippen LogP contribution in [0.25, 0.3) is 0 Å². The zero-order valence-electron chi connectivity index (χ0n) is 9.49. The van der Waals surface area contributed by atoms with E-state index in [1.807, 2.05) is 6.07 Å². The van der Waals surface area contributed by atoms with E-state index in [9.17, 15) is 4.79 Å². The molecular formula is C12H17NO3. The second-order valence-electron chi connectivity index (χ2n) is 4.16. The molecule has 2 rings (SSSR count). The van der Waals surface area contributed by atoms with Gasteiger partial charge in [0.1, 0.15) is 5.76 Å². The summed E-state index contributed by atoms with van der Waals surface area (Å²) in [5.74, 6) is 1.44. The lowest BCUT2D eigenvalue weighted by atomic mass is 9.94. The van der Waals surface area contributed by atoms with Gasteiger partial charge in [-0.3, -0.25) is 0 Å². The fraction of sp³-hybridized carbons (Fsp3) is 0.583. The standard InChI is InChI=1S/C12H17NO3/c1-15-12(14)11-3-2-10(16-11)8-9-4-6-13-7-5-9/h2-3,9,13H,4-8H2,1H3. The van der Waals surface area contributed by atoms with Crippen molar-refractivity contribution in [2.75, 3.05) is 20.2 Å². The molecule has 16 heavy (non-hydrogen) atoms. The first-order chi connectivity index (χ1) is 7.79. The molecule has 0 bridgehead atoms. The Labute approximate surface area is 95.0 Å². The molecule has 1 saturated heterocycles. The summed E-state index contributed by atoms with van der Waals surface area (Å²) in [4.78, 5) is 11.2. The summed E-state index contributed by atoms with van der Waals surface area (Å²) in [6.45, 7) is 2.16. The van der Waals surface area contributed by atoms with Gasteiger partial charge in [-0.25, -0.2) is 4.79 Å². The molecule has 1 N–H and O–H groups in total. The first-order valence-electron chi connectivity index (χ1n) is 5.67. The van der Waals surface area contributed by atoms with E-state index in [1.165, 1.54) is 20.0 Å². The van der Waals surface area contributed by atoms with Crippen LogP contribution < -0.4 is 5.32 Å². The summed E-state index contributed by atoms with van der Waals surface area (Å²) < 4.78 is 10.0. The van der Waals surface area contributed by atoms with Gasteiger partial charge in [0.2, 0.25) is 5.76 Å². The minimum atomic E-state index is -0.406. The predicted molar refractivity (Wildman–Crippen MR) is 59.3 cm³/mol. The van der Waals surface area contributed by atoms with Crippen LogP contribution in [0.3, 0.4) is 0 Å². The molecule has 4 heteroatoms. The Morgan fingerprint density at radius 3 is 2.94 bits per heavy atom. The summed E-state index contributed by atoms with van der Waals surface area (Å²) in [5, 5.41) is 3.33. The summed E-state index contributed by atoms with van der Waals surface area (Å²) in [7, 11) is 1.36. The van der Waals surface area contributed by atoms with Crippen LogP contribution in [0.1, 0.15) is 29.2 Å². The van der Waals surface area contributed by atoms with Gasteiger partial charge in [-0.1, -0.05) is 0 Å². The molecule has 1 aliphatic rings. The van der Waals surface area contributed by atoms with E-state index in [0.29, 0.717) is 11.7 Å². The van der Waals surface area contributed by atoms with Crippen molar-refractivity contribution in [1.29, 1.82) is 0 Å². The molecule has 1 aromatic rings. The van der Waals surface area contributed by atoms with Gasteiger partial charge in [0.05, 0.1) is 7.11 Å². The smallest absolute Gasteiger partial charge is 0.373 e. The molecule has 2 heterocycles. The third-order valence-corrected chi connectivity index (χ3v) is 3.00. The molecule has 1 aromatic heterocycles. The van der Waals surface area contributed by atoms with Crippen molar-refractivity contribution in [2.45, 2.75) is 19.3 Å². The Morgan fingerprint density at radius 2 is 2.25 bits per heavy atom. The van der Waals surface area contributed by atoms with Crippen LogP contribution in [0.4, 0.5) is 0 Å². The summed E-state index contributed by atoms with van der Waals surface area (Å²) in [5.41, 5.74) is 0. The Morgan fingerprint density at radius 1 is 1.50 bits per heavy atom. The number of rotatable bonds is 3. The Hall–Kier alpha value is -1.29. The number of carbonyl (C=O) groups excluding carboxylic acids is 1. The molecule has 1 fully saturated rings. The predicted octanol–water partition coefficient (Wildman–Crippen LogP) is 1.61. The van der Waals surface area contributed by atoms with Gasteiger partial charge in [0.25, 0.3) is 0 Å². The third kappa shape index (κ3) is 2.64. The van der Waals surface area contributed by atoms with Crippen LogP contribution in [0.2, 0.25) is 0 Å². The highest BCUT2D eigenvalue weighted by atomic mass is 16.5. The fourth-order valence-corrected chi connectivity index (χ4v) is 2.07. The van der Waals surface area contributed by atoms with Gasteiger partial charge in [0, 0.05) is 6.42 Å². The Kier molecular flexibility index (Phi) is 3.62. The Balaban J connectivity index is 1.94. The van der Waals surface area contributed by atoms with Crippen LogP contribution in [0.5, 0.6) is 0 Å². The van der Waals surface area contributed by atoms with Crippen LogP contribution in [-0.4, -0.2) is 26.2 Å². The van der Waals surface area contributed by atoms with Gasteiger partial charge in [-0.05, 0) is 44.0 Å². The van der Waals surface area contributed by atoms with Crippen molar-refractivity contribution in [1.82, 2.24) is 5.32 Å². The maximum Gasteiger partial charge on any atom is 0.373 e. The molecule has 0 aromatic carbocycles. The van der Waals surface area contributed by atoms with Crippen LogP contribution in [0, 0.1) is 5.92 Å². The molecule has 0 atom stereocenters. The number of hydrogen-bond acceptors (Lipinski definition) is 4. The lowest BCUT2D eigenvalue weighted by Gasteiger charge is -2.21. The first-order valence-corrected chi connectivity index (χ1v) is 5.67. The molecule has 1 aliphatic heterocycles. The molecule has 4 nitrogen and oxygen atoms in total. The summed E-state index contributed by atoms with van der Waals surface area (Å²) >= 11 is 0. The number of nitrogens with one attached hydrogen (secondary N) is 1. The van der Waals surface area contributed by atoms with Crippen molar-refractivity contribution >= 4 is 5.97 Å². The molecule has 0 spiro atoms. The van der Waals surface area contributed by atoms with E-state index in [-0.39, 0.29) is 0 Å². The van der Waals surface area contributed by atoms with Gasteiger partial charge < -0.3 is 14.5 Å². The van der Waals surface area contributed by atoms with Crippen LogP contribution >= 0.6 is 0 Å². The van der Waals surface area contributed by atoms with Crippen molar-refractivity contribution in [2.24, 2.45) is 5.92 Å². The molecule has 0 saturated carbocycles. The zero-order valence-corrected chi connectivity index (χ0v) is 9.49. The normalized spacial score (nSPS) is 17.3. The second kappa shape index (κ2) is 5.16. The van der Waals surface area contributed by atoms with E-state index < -0.39 is 5.97 Å². The minimum absolute atomic E-state index is 0.298. The Bertz CT molecular complexity index is 353. The largest absolute Gasteiger partial charge is 0.463 e. The van der Waals surface area contributed by atoms with Gasteiger partial charge in [-0.2, -0.15) is 0 Å². The summed E-state index contributed by atoms with van der Waals surface area (Å²) in [6, 6.07) is 3.55. The number of methoxy groups -OCH3 is 1. The van der Waals surface area contributed by atoms with E-state index in [0.717, 1.165) is 25.3 Å². The lowest BCUT2D eigenvalue weighted by Crippen LogP contribution is -2.28. The van der Waals surface area contributed by atoms with Crippen LogP contribution in [0.15, 0.2) is 16.5 Å². The topological polar surface area (TPSA) is 51.5 Å². The molecule has 0 unspecified atom stereocenters. The minimum Gasteiger partial charge on any atom is -0.463 e. The number of hydrogen-bond donors (Lipinski definition) is 1. The molecule has 0 aliphatic carbocycles. The van der Waals surface area contributed by atoms with Crippen molar-refractivity contribution in [3.8, 4) is 0 Å². The van der Waals surface area contributed by atoms with E-state index in [1.54, 1.807) is 6.07 Å².